The third-order valence-electron chi connectivity index (χ3n) is 4.43. The van der Waals surface area contributed by atoms with E-state index < -0.39 is 40.5 Å². The number of carbonyl (C=O) groups is 2. The molecule has 1 aliphatic rings. The topological polar surface area (TPSA) is 57.6 Å². The Morgan fingerprint density at radius 2 is 1.67 bits per heavy atom. The molecule has 0 saturated heterocycles. The molecule has 4 nitrogen and oxygen atoms in total. The Bertz CT molecular complexity index is 946. The number of benzene rings is 2. The van der Waals surface area contributed by atoms with Gasteiger partial charge in [-0.05, 0) is 17.7 Å². The highest BCUT2D eigenvalue weighted by Crippen LogP contribution is 2.43. The van der Waals surface area contributed by atoms with Crippen LogP contribution >= 0.6 is 0 Å². The predicted molar refractivity (Wildman–Crippen MR) is 97.1 cm³/mol. The van der Waals surface area contributed by atoms with Crippen LogP contribution in [0.5, 0.6) is 0 Å². The molecule has 1 heterocycles. The van der Waals surface area contributed by atoms with Crippen LogP contribution in [0.2, 0.25) is 0 Å². The van der Waals surface area contributed by atoms with E-state index in [0.29, 0.717) is 5.56 Å². The highest BCUT2D eigenvalue weighted by atomic mass is 19.2. The van der Waals surface area contributed by atoms with Crippen molar-refractivity contribution in [2.24, 2.45) is 5.41 Å². The van der Waals surface area contributed by atoms with E-state index in [4.69, 9.17) is 0 Å². The lowest BCUT2D eigenvalue weighted by molar-refractivity contribution is -0.123. The van der Waals surface area contributed by atoms with E-state index in [2.05, 4.69) is 0 Å². The third-order valence-corrected chi connectivity index (χ3v) is 4.43. The Hall–Kier alpha value is -3.02. The van der Waals surface area contributed by atoms with E-state index in [1.165, 1.54) is 6.07 Å². The standard InChI is InChI=1S/C21H19F2NO3/c1-21(2,3)19(26)16-17(12-7-5-4-6-8-12)24(20(27)18(16)25)13-9-10-14(22)15(23)11-13/h4-11,17,25H,1-3H3. The van der Waals surface area contributed by atoms with Crippen molar-refractivity contribution in [1.82, 2.24) is 0 Å². The van der Waals surface area contributed by atoms with Crippen molar-refractivity contribution in [3.05, 3.63) is 77.1 Å². The van der Waals surface area contributed by atoms with E-state index >= 15 is 0 Å². The zero-order chi connectivity index (χ0) is 19.9. The normalized spacial score (nSPS) is 17.6. The van der Waals surface area contributed by atoms with E-state index in [1.807, 2.05) is 0 Å². The molecule has 27 heavy (non-hydrogen) atoms. The Labute approximate surface area is 155 Å². The molecule has 0 aliphatic carbocycles. The fourth-order valence-corrected chi connectivity index (χ4v) is 3.09. The molecule has 140 valence electrons. The quantitative estimate of drug-likeness (QED) is 0.865. The van der Waals surface area contributed by atoms with Crippen molar-refractivity contribution >= 4 is 17.4 Å². The maximum atomic E-state index is 13.8. The second-order valence-electron chi connectivity index (χ2n) is 7.43. The van der Waals surface area contributed by atoms with Crippen LogP contribution in [0.25, 0.3) is 0 Å². The van der Waals surface area contributed by atoms with Crippen LogP contribution in [0.15, 0.2) is 59.9 Å². The SMILES string of the molecule is CC(C)(C)C(=O)C1=C(O)C(=O)N(c2ccc(F)c(F)c2)C1c1ccccc1. The Balaban J connectivity index is 2.21. The first-order valence-electron chi connectivity index (χ1n) is 8.44. The molecule has 1 unspecified atom stereocenters. The molecule has 1 atom stereocenters. The molecule has 3 rings (SSSR count). The molecular formula is C21H19F2NO3. The number of hydrogen-bond acceptors (Lipinski definition) is 3. The summed E-state index contributed by atoms with van der Waals surface area (Å²) in [5, 5.41) is 10.5. The van der Waals surface area contributed by atoms with Crippen molar-refractivity contribution in [3.8, 4) is 0 Å². The largest absolute Gasteiger partial charge is 0.503 e. The predicted octanol–water partition coefficient (Wildman–Crippen LogP) is 4.48. The zero-order valence-corrected chi connectivity index (χ0v) is 15.2. The first kappa shape index (κ1) is 18.8. The van der Waals surface area contributed by atoms with E-state index in [0.717, 1.165) is 17.0 Å². The lowest BCUT2D eigenvalue weighted by Gasteiger charge is -2.29. The van der Waals surface area contributed by atoms with E-state index in [-0.39, 0.29) is 11.3 Å². The van der Waals surface area contributed by atoms with Crippen LogP contribution in [0.3, 0.4) is 0 Å². The Kier molecular flexibility index (Phi) is 4.59. The van der Waals surface area contributed by atoms with Gasteiger partial charge in [0.15, 0.2) is 23.2 Å². The summed E-state index contributed by atoms with van der Waals surface area (Å²) in [7, 11) is 0. The van der Waals surface area contributed by atoms with Gasteiger partial charge in [-0.2, -0.15) is 0 Å². The van der Waals surface area contributed by atoms with Crippen LogP contribution in [-0.4, -0.2) is 16.8 Å². The first-order chi connectivity index (χ1) is 12.6. The van der Waals surface area contributed by atoms with Crippen LogP contribution in [0.1, 0.15) is 32.4 Å². The maximum Gasteiger partial charge on any atom is 0.294 e. The molecule has 1 N–H and O–H groups in total. The van der Waals surface area contributed by atoms with Gasteiger partial charge in [0, 0.05) is 17.2 Å². The van der Waals surface area contributed by atoms with Crippen molar-refractivity contribution in [2.75, 3.05) is 4.90 Å². The Morgan fingerprint density at radius 1 is 1.04 bits per heavy atom. The third kappa shape index (κ3) is 3.23. The van der Waals surface area contributed by atoms with Gasteiger partial charge in [-0.1, -0.05) is 51.1 Å². The van der Waals surface area contributed by atoms with Gasteiger partial charge in [0.1, 0.15) is 0 Å². The average Bonchev–Trinajstić information content (AvgIpc) is 2.88. The van der Waals surface area contributed by atoms with Gasteiger partial charge < -0.3 is 5.11 Å². The highest BCUT2D eigenvalue weighted by Gasteiger charge is 2.46. The molecular weight excluding hydrogens is 352 g/mol. The van der Waals surface area contributed by atoms with Crippen LogP contribution in [-0.2, 0) is 9.59 Å². The van der Waals surface area contributed by atoms with Gasteiger partial charge in [0.25, 0.3) is 5.91 Å². The monoisotopic (exact) mass is 371 g/mol. The van der Waals surface area contributed by atoms with Gasteiger partial charge in [0.2, 0.25) is 0 Å². The molecule has 2 aromatic carbocycles. The van der Waals surface area contributed by atoms with Crippen LogP contribution in [0.4, 0.5) is 14.5 Å². The first-order valence-corrected chi connectivity index (χ1v) is 8.44. The summed E-state index contributed by atoms with van der Waals surface area (Å²) in [5.74, 6) is -4.07. The number of rotatable bonds is 3. The summed E-state index contributed by atoms with van der Waals surface area (Å²) in [6, 6.07) is 10.7. The smallest absolute Gasteiger partial charge is 0.294 e. The van der Waals surface area contributed by atoms with E-state index in [1.54, 1.807) is 51.1 Å². The lowest BCUT2D eigenvalue weighted by Crippen LogP contribution is -2.32. The molecule has 0 aromatic heterocycles. The maximum absolute atomic E-state index is 13.8. The highest BCUT2D eigenvalue weighted by molar-refractivity contribution is 6.17. The minimum Gasteiger partial charge on any atom is -0.503 e. The number of amides is 1. The molecule has 0 fully saturated rings. The number of Topliss-reactive ketones (excluding diaryl/α,β-unsaturated/α-hetero) is 1. The summed E-state index contributed by atoms with van der Waals surface area (Å²) in [6.07, 6.45) is 0. The van der Waals surface area contributed by atoms with Gasteiger partial charge in [-0.25, -0.2) is 8.78 Å². The van der Waals surface area contributed by atoms with Gasteiger partial charge in [0.05, 0.1) is 11.6 Å². The summed E-state index contributed by atoms with van der Waals surface area (Å²) in [4.78, 5) is 26.9. The Morgan fingerprint density at radius 3 is 2.22 bits per heavy atom. The molecule has 0 radical (unpaired) electrons. The molecule has 1 aliphatic heterocycles. The van der Waals surface area contributed by atoms with Crippen molar-refractivity contribution in [2.45, 2.75) is 26.8 Å². The molecule has 1 amide bonds. The van der Waals surface area contributed by atoms with Crippen molar-refractivity contribution in [3.63, 3.8) is 0 Å². The number of halogens is 2. The fourth-order valence-electron chi connectivity index (χ4n) is 3.09. The number of nitrogens with zero attached hydrogens (tertiary/aromatic N) is 1. The van der Waals surface area contributed by atoms with Crippen LogP contribution < -0.4 is 4.90 Å². The minimum atomic E-state index is -1.12. The summed E-state index contributed by atoms with van der Waals surface area (Å²) < 4.78 is 27.1. The molecule has 6 heteroatoms. The lowest BCUT2D eigenvalue weighted by atomic mass is 9.82. The summed E-state index contributed by atoms with van der Waals surface area (Å²) in [5.41, 5.74) is -0.271. The minimum absolute atomic E-state index is 0.0519. The molecule has 0 saturated carbocycles. The zero-order valence-electron chi connectivity index (χ0n) is 15.2. The number of aliphatic hydroxyl groups excluding tert-OH is 1. The molecule has 2 aromatic rings. The number of aliphatic hydroxyl groups is 1. The molecule has 0 bridgehead atoms. The number of carbonyl (C=O) groups excluding carboxylic acids is 2. The van der Waals surface area contributed by atoms with Gasteiger partial charge in [-0.15, -0.1) is 0 Å². The summed E-state index contributed by atoms with van der Waals surface area (Å²) >= 11 is 0. The van der Waals surface area contributed by atoms with Gasteiger partial charge >= 0.3 is 0 Å². The second kappa shape index (κ2) is 6.61. The average molecular weight is 371 g/mol. The molecule has 0 spiro atoms. The number of anilines is 1. The van der Waals surface area contributed by atoms with Crippen molar-refractivity contribution in [1.29, 1.82) is 0 Å². The number of hydrogen-bond donors (Lipinski definition) is 1. The number of ketones is 1. The van der Waals surface area contributed by atoms with E-state index in [9.17, 15) is 23.5 Å². The van der Waals surface area contributed by atoms with Gasteiger partial charge in [-0.3, -0.25) is 14.5 Å². The second-order valence-corrected chi connectivity index (χ2v) is 7.43. The van der Waals surface area contributed by atoms with Crippen LogP contribution in [0, 0.1) is 17.0 Å². The van der Waals surface area contributed by atoms with Crippen molar-refractivity contribution < 1.29 is 23.5 Å². The summed E-state index contributed by atoms with van der Waals surface area (Å²) in [6.45, 7) is 5.05. The fraction of sp³-hybridized carbons (Fsp3) is 0.238.